The number of rotatable bonds is 6. The highest BCUT2D eigenvalue weighted by Crippen LogP contribution is 2.36. The smallest absolute Gasteiger partial charge is 0.163 e. The maximum Gasteiger partial charge on any atom is 0.163 e. The second kappa shape index (κ2) is 12.1. The molecule has 0 aliphatic heterocycles. The molecule has 0 saturated carbocycles. The highest BCUT2D eigenvalue weighted by Gasteiger charge is 2.18. The zero-order valence-corrected chi connectivity index (χ0v) is 27.8. The van der Waals surface area contributed by atoms with E-state index in [1.54, 1.807) is 0 Å². The van der Waals surface area contributed by atoms with Gasteiger partial charge in [0.25, 0.3) is 0 Å². The summed E-state index contributed by atoms with van der Waals surface area (Å²) in [4.78, 5) is 15.0. The van der Waals surface area contributed by atoms with Crippen molar-refractivity contribution in [1.82, 2.24) is 19.5 Å². The van der Waals surface area contributed by atoms with Gasteiger partial charge in [-0.1, -0.05) is 121 Å². The van der Waals surface area contributed by atoms with Gasteiger partial charge in [0.05, 0.1) is 11.0 Å². The molecule has 242 valence electrons. The molecule has 0 amide bonds. The van der Waals surface area contributed by atoms with Crippen molar-refractivity contribution in [2.45, 2.75) is 19.3 Å². The molecule has 0 atom stereocenters. The van der Waals surface area contributed by atoms with E-state index in [0.717, 1.165) is 74.2 Å². The van der Waals surface area contributed by atoms with Gasteiger partial charge >= 0.3 is 0 Å². The molecule has 0 N–H and O–H groups in total. The quantitative estimate of drug-likeness (QED) is 0.179. The molecule has 0 unspecified atom stereocenters. The van der Waals surface area contributed by atoms with Gasteiger partial charge in [0.15, 0.2) is 11.6 Å². The lowest BCUT2D eigenvalue weighted by Gasteiger charge is -2.15. The lowest BCUT2D eigenvalue weighted by atomic mass is 10.0. The van der Waals surface area contributed by atoms with Crippen LogP contribution in [0.5, 0.6) is 0 Å². The summed E-state index contributed by atoms with van der Waals surface area (Å²) in [5.74, 6) is 2.06. The molecular weight excluding hydrogens is 625 g/mol. The summed E-state index contributed by atoms with van der Waals surface area (Å²) in [6, 6.07) is 51.0. The normalized spacial score (nSPS) is 12.5. The van der Waals surface area contributed by atoms with Crippen molar-refractivity contribution in [3.63, 3.8) is 0 Å². The number of aromatic nitrogens is 4. The number of para-hydroxylation sites is 2. The number of furan rings is 1. The first-order valence-corrected chi connectivity index (χ1v) is 17.5. The molecule has 51 heavy (non-hydrogen) atoms. The maximum absolute atomic E-state index is 6.32. The molecule has 6 aromatic carbocycles. The number of fused-ring (bicyclic) bond motifs is 6. The Morgan fingerprint density at radius 2 is 1.14 bits per heavy atom. The highest BCUT2D eigenvalue weighted by molar-refractivity contribution is 6.10. The van der Waals surface area contributed by atoms with Crippen LogP contribution in [-0.4, -0.2) is 19.5 Å². The summed E-state index contributed by atoms with van der Waals surface area (Å²) in [5, 5.41) is 4.82. The van der Waals surface area contributed by atoms with Crippen molar-refractivity contribution in [3.8, 4) is 39.6 Å². The van der Waals surface area contributed by atoms with Gasteiger partial charge in [0, 0.05) is 44.6 Å². The molecule has 0 saturated heterocycles. The fourth-order valence-electron chi connectivity index (χ4n) is 7.51. The highest BCUT2D eigenvalue weighted by atomic mass is 16.3. The van der Waals surface area contributed by atoms with Gasteiger partial charge in [-0.25, -0.2) is 15.0 Å². The molecule has 3 heterocycles. The van der Waals surface area contributed by atoms with Crippen LogP contribution in [0.2, 0.25) is 0 Å². The third kappa shape index (κ3) is 5.13. The van der Waals surface area contributed by atoms with Crippen molar-refractivity contribution in [2.24, 2.45) is 0 Å². The summed E-state index contributed by atoms with van der Waals surface area (Å²) in [6.07, 6.45) is 7.13. The summed E-state index contributed by atoms with van der Waals surface area (Å²) in [6.45, 7) is 0. The summed E-state index contributed by atoms with van der Waals surface area (Å²) >= 11 is 0. The van der Waals surface area contributed by atoms with E-state index in [1.165, 1.54) is 21.4 Å². The van der Waals surface area contributed by atoms with Crippen molar-refractivity contribution in [1.29, 1.82) is 0 Å². The van der Waals surface area contributed by atoms with E-state index in [-0.39, 0.29) is 0 Å². The van der Waals surface area contributed by atoms with Crippen LogP contribution in [0.15, 0.2) is 150 Å². The van der Waals surface area contributed by atoms with Crippen LogP contribution in [0.3, 0.4) is 0 Å². The van der Waals surface area contributed by atoms with Crippen molar-refractivity contribution >= 4 is 44.9 Å². The first-order chi connectivity index (χ1) is 25.3. The van der Waals surface area contributed by atoms with Crippen molar-refractivity contribution < 1.29 is 4.42 Å². The number of nitrogens with zero attached hydrogens (tertiary/aromatic N) is 4. The van der Waals surface area contributed by atoms with Crippen LogP contribution >= 0.6 is 0 Å². The topological polar surface area (TPSA) is 56.7 Å². The van der Waals surface area contributed by atoms with E-state index in [0.29, 0.717) is 18.1 Å². The summed E-state index contributed by atoms with van der Waals surface area (Å²) in [7, 11) is 0. The Kier molecular flexibility index (Phi) is 6.95. The Hall–Kier alpha value is -6.59. The van der Waals surface area contributed by atoms with Gasteiger partial charge in [-0.2, -0.15) is 0 Å². The summed E-state index contributed by atoms with van der Waals surface area (Å²) in [5.41, 5.74) is 10.7. The molecule has 0 radical (unpaired) electrons. The van der Waals surface area contributed by atoms with Gasteiger partial charge in [-0.3, -0.25) is 0 Å². The van der Waals surface area contributed by atoms with E-state index in [2.05, 4.69) is 102 Å². The number of hydrogen-bond acceptors (Lipinski definition) is 4. The van der Waals surface area contributed by atoms with Crippen molar-refractivity contribution in [3.05, 3.63) is 168 Å². The van der Waals surface area contributed by atoms with Gasteiger partial charge in [-0.15, -0.1) is 0 Å². The van der Waals surface area contributed by atoms with Gasteiger partial charge < -0.3 is 8.98 Å². The Morgan fingerprint density at radius 3 is 1.92 bits per heavy atom. The zero-order valence-electron chi connectivity index (χ0n) is 27.8. The first-order valence-electron chi connectivity index (χ1n) is 17.5. The first kappa shape index (κ1) is 29.3. The Morgan fingerprint density at radius 1 is 0.510 bits per heavy atom. The number of benzene rings is 6. The second-order valence-corrected chi connectivity index (χ2v) is 13.1. The average Bonchev–Trinajstić information content (AvgIpc) is 3.73. The van der Waals surface area contributed by atoms with Crippen LogP contribution in [0.1, 0.15) is 24.2 Å². The molecule has 0 spiro atoms. The number of hydrogen-bond donors (Lipinski definition) is 0. The largest absolute Gasteiger partial charge is 0.456 e. The fourth-order valence-corrected chi connectivity index (χ4v) is 7.51. The Labute approximate surface area is 294 Å². The van der Waals surface area contributed by atoms with Crippen molar-refractivity contribution in [2.75, 3.05) is 0 Å². The van der Waals surface area contributed by atoms with Gasteiger partial charge in [0.1, 0.15) is 16.8 Å². The molecule has 3 aromatic heterocycles. The third-order valence-electron chi connectivity index (χ3n) is 9.94. The van der Waals surface area contributed by atoms with Crippen LogP contribution in [0.4, 0.5) is 0 Å². The van der Waals surface area contributed by atoms with Crippen LogP contribution in [0.25, 0.3) is 84.5 Å². The predicted octanol–water partition coefficient (Wildman–Crippen LogP) is 9.66. The Bertz CT molecular complexity index is 2830. The lowest BCUT2D eigenvalue weighted by molar-refractivity contribution is 0.572. The third-order valence-corrected chi connectivity index (χ3v) is 9.94. The summed E-state index contributed by atoms with van der Waals surface area (Å²) < 4.78 is 8.72. The maximum atomic E-state index is 6.32. The van der Waals surface area contributed by atoms with Crippen LogP contribution in [0, 0.1) is 0 Å². The monoisotopic (exact) mass is 656 g/mol. The SMILES string of the molecule is C1=c2oc3cc(-c4ccc5c6ccccc6n(-c6ccccc6Cc6nc(-c7ccccc7)nc(-c7ccccc7)n6)c5c4)ccc3c2=CCC1. The van der Waals surface area contributed by atoms with E-state index in [1.807, 2.05) is 60.7 Å². The minimum atomic E-state index is 0.542. The fraction of sp³-hybridized carbons (Fsp3) is 0.0652. The van der Waals surface area contributed by atoms with Gasteiger partial charge in [-0.05, 0) is 65.9 Å². The minimum absolute atomic E-state index is 0.542. The van der Waals surface area contributed by atoms with E-state index in [4.69, 9.17) is 19.4 Å². The molecule has 9 aromatic rings. The Balaban J connectivity index is 1.13. The molecule has 10 rings (SSSR count). The van der Waals surface area contributed by atoms with E-state index in [9.17, 15) is 0 Å². The average molecular weight is 657 g/mol. The van der Waals surface area contributed by atoms with Crippen LogP contribution in [-0.2, 0) is 6.42 Å². The molecule has 0 bridgehead atoms. The molecule has 5 nitrogen and oxygen atoms in total. The van der Waals surface area contributed by atoms with Gasteiger partial charge in [0.2, 0.25) is 0 Å². The molecule has 1 aliphatic carbocycles. The molecule has 0 fully saturated rings. The van der Waals surface area contributed by atoms with Crippen LogP contribution < -0.4 is 10.6 Å². The standard InChI is InChI=1S/C46H32N4O/c1-3-13-30(14-4-1)45-47-44(48-46(49-45)31-15-5-2-6-16-31)29-34-17-7-10-20-39(34)50-40-21-11-8-18-35(40)36-25-23-32(27-41(36)50)33-24-26-38-37-19-9-12-22-42(37)51-43(38)28-33/h1-8,10-11,13-28H,9,12,29H2. The zero-order chi connectivity index (χ0) is 33.7. The predicted molar refractivity (Wildman–Crippen MR) is 207 cm³/mol. The molecule has 1 aliphatic rings. The minimum Gasteiger partial charge on any atom is -0.456 e. The molecular formula is C46H32N4O. The van der Waals surface area contributed by atoms with E-state index < -0.39 is 0 Å². The lowest BCUT2D eigenvalue weighted by Crippen LogP contribution is -2.21. The molecule has 5 heteroatoms. The van der Waals surface area contributed by atoms with E-state index >= 15 is 0 Å². The second-order valence-electron chi connectivity index (χ2n) is 13.1.